The second-order valence-corrected chi connectivity index (χ2v) is 6.25. The number of hydrogen-bond acceptors (Lipinski definition) is 3. The van der Waals surface area contributed by atoms with E-state index < -0.39 is 0 Å². The molecule has 1 aliphatic carbocycles. The van der Waals surface area contributed by atoms with Crippen LogP contribution in [0.1, 0.15) is 31.7 Å². The molecule has 4 heteroatoms. The van der Waals surface area contributed by atoms with Gasteiger partial charge >= 0.3 is 0 Å². The van der Waals surface area contributed by atoms with E-state index in [1.54, 1.807) is 0 Å². The molecule has 1 N–H and O–H groups in total. The summed E-state index contributed by atoms with van der Waals surface area (Å²) in [6, 6.07) is 10.2. The molecule has 1 aliphatic heterocycles. The van der Waals surface area contributed by atoms with Crippen molar-refractivity contribution in [1.29, 1.82) is 0 Å². The van der Waals surface area contributed by atoms with Crippen LogP contribution in [0.5, 0.6) is 0 Å². The molecule has 3 rings (SSSR count). The van der Waals surface area contributed by atoms with Crippen molar-refractivity contribution in [3.63, 3.8) is 0 Å². The molecule has 114 valence electrons. The second kappa shape index (κ2) is 5.78. The molecule has 1 aromatic rings. The van der Waals surface area contributed by atoms with Gasteiger partial charge in [-0.15, -0.1) is 0 Å². The summed E-state index contributed by atoms with van der Waals surface area (Å²) in [7, 11) is 0. The molecule has 2 fully saturated rings. The van der Waals surface area contributed by atoms with Gasteiger partial charge in [0.15, 0.2) is 0 Å². The lowest BCUT2D eigenvalue weighted by atomic mass is 9.63. The lowest BCUT2D eigenvalue weighted by Crippen LogP contribution is -2.59. The van der Waals surface area contributed by atoms with Crippen LogP contribution in [-0.4, -0.2) is 47.8 Å². The van der Waals surface area contributed by atoms with Crippen LogP contribution in [0, 0.1) is 0 Å². The fraction of sp³-hybridized carbons (Fsp3) is 0.588. The molecule has 2 unspecified atom stereocenters. The van der Waals surface area contributed by atoms with E-state index in [0.717, 1.165) is 24.8 Å². The molecule has 1 saturated heterocycles. The van der Waals surface area contributed by atoms with E-state index in [4.69, 9.17) is 4.74 Å². The first-order valence-corrected chi connectivity index (χ1v) is 7.76. The first-order valence-electron chi connectivity index (χ1n) is 7.76. The minimum atomic E-state index is -0.354. The Morgan fingerprint density at radius 3 is 2.67 bits per heavy atom. The van der Waals surface area contributed by atoms with Gasteiger partial charge in [0.25, 0.3) is 0 Å². The number of carbonyl (C=O) groups is 1. The normalized spacial score (nSPS) is 28.0. The molecule has 1 heterocycles. The minimum absolute atomic E-state index is 0.0329. The maximum absolute atomic E-state index is 13.2. The van der Waals surface area contributed by atoms with E-state index in [-0.39, 0.29) is 30.1 Å². The highest BCUT2D eigenvalue weighted by Gasteiger charge is 2.49. The fourth-order valence-corrected chi connectivity index (χ4v) is 3.40. The van der Waals surface area contributed by atoms with Gasteiger partial charge < -0.3 is 14.7 Å². The van der Waals surface area contributed by atoms with Gasteiger partial charge in [-0.2, -0.15) is 0 Å². The van der Waals surface area contributed by atoms with E-state index >= 15 is 0 Å². The quantitative estimate of drug-likeness (QED) is 0.921. The Hall–Kier alpha value is -1.39. The molecule has 0 bridgehead atoms. The Morgan fingerprint density at radius 2 is 2.10 bits per heavy atom. The fourth-order valence-electron chi connectivity index (χ4n) is 3.40. The van der Waals surface area contributed by atoms with Crippen LogP contribution in [-0.2, 0) is 14.9 Å². The number of morpholine rings is 1. The summed E-state index contributed by atoms with van der Waals surface area (Å²) in [5.74, 6) is 0.203. The third kappa shape index (κ3) is 2.47. The summed E-state index contributed by atoms with van der Waals surface area (Å²) in [6.07, 6.45) is 2.69. The van der Waals surface area contributed by atoms with Crippen molar-refractivity contribution in [3.8, 4) is 0 Å². The Labute approximate surface area is 125 Å². The van der Waals surface area contributed by atoms with Crippen LogP contribution in [0.4, 0.5) is 0 Å². The summed E-state index contributed by atoms with van der Waals surface area (Å²) in [4.78, 5) is 15.1. The first kappa shape index (κ1) is 14.5. The van der Waals surface area contributed by atoms with Crippen molar-refractivity contribution in [2.24, 2.45) is 0 Å². The zero-order valence-corrected chi connectivity index (χ0v) is 12.5. The van der Waals surface area contributed by atoms with Crippen molar-refractivity contribution in [2.75, 3.05) is 19.8 Å². The molecule has 1 amide bonds. The first-order chi connectivity index (χ1) is 10.2. The third-order valence-electron chi connectivity index (χ3n) is 4.91. The highest BCUT2D eigenvalue weighted by Crippen LogP contribution is 2.45. The van der Waals surface area contributed by atoms with Gasteiger partial charge in [0, 0.05) is 6.54 Å². The van der Waals surface area contributed by atoms with Crippen molar-refractivity contribution in [3.05, 3.63) is 35.9 Å². The Morgan fingerprint density at radius 1 is 1.38 bits per heavy atom. The Balaban J connectivity index is 1.85. The molecule has 1 saturated carbocycles. The molecule has 0 radical (unpaired) electrons. The van der Waals surface area contributed by atoms with Crippen LogP contribution in [0.3, 0.4) is 0 Å². The summed E-state index contributed by atoms with van der Waals surface area (Å²) < 4.78 is 5.55. The van der Waals surface area contributed by atoms with E-state index in [1.807, 2.05) is 30.0 Å². The molecule has 21 heavy (non-hydrogen) atoms. The minimum Gasteiger partial charge on any atom is -0.394 e. The largest absolute Gasteiger partial charge is 0.394 e. The summed E-state index contributed by atoms with van der Waals surface area (Å²) >= 11 is 0. The monoisotopic (exact) mass is 289 g/mol. The summed E-state index contributed by atoms with van der Waals surface area (Å²) in [5, 5.41) is 9.30. The van der Waals surface area contributed by atoms with E-state index in [9.17, 15) is 9.90 Å². The van der Waals surface area contributed by atoms with Gasteiger partial charge in [-0.3, -0.25) is 4.79 Å². The highest BCUT2D eigenvalue weighted by molar-refractivity contribution is 5.89. The lowest BCUT2D eigenvalue weighted by molar-refractivity contribution is -0.155. The summed E-state index contributed by atoms with van der Waals surface area (Å²) in [5.41, 5.74) is 0.771. The number of hydrogen-bond donors (Lipinski definition) is 1. The van der Waals surface area contributed by atoms with Gasteiger partial charge in [-0.25, -0.2) is 0 Å². The Kier molecular flexibility index (Phi) is 4.00. The van der Waals surface area contributed by atoms with Crippen LogP contribution in [0.2, 0.25) is 0 Å². The second-order valence-electron chi connectivity index (χ2n) is 6.25. The van der Waals surface area contributed by atoms with Gasteiger partial charge in [-0.05, 0) is 25.3 Å². The molecule has 4 nitrogen and oxygen atoms in total. The van der Waals surface area contributed by atoms with Gasteiger partial charge in [-0.1, -0.05) is 36.8 Å². The van der Waals surface area contributed by atoms with Crippen LogP contribution < -0.4 is 0 Å². The average molecular weight is 289 g/mol. The number of nitrogens with zero attached hydrogens (tertiary/aromatic N) is 1. The predicted molar refractivity (Wildman–Crippen MR) is 80.0 cm³/mol. The lowest BCUT2D eigenvalue weighted by Gasteiger charge is -2.47. The van der Waals surface area contributed by atoms with E-state index in [1.165, 1.54) is 0 Å². The zero-order chi connectivity index (χ0) is 14.9. The van der Waals surface area contributed by atoms with Crippen molar-refractivity contribution >= 4 is 5.91 Å². The average Bonchev–Trinajstić information content (AvgIpc) is 2.47. The Bertz CT molecular complexity index is 498. The number of carbonyl (C=O) groups excluding carboxylic acids is 1. The number of amides is 1. The maximum atomic E-state index is 13.2. The highest BCUT2D eigenvalue weighted by atomic mass is 16.5. The number of benzene rings is 1. The van der Waals surface area contributed by atoms with Crippen molar-refractivity contribution in [1.82, 2.24) is 4.90 Å². The number of ether oxygens (including phenoxy) is 1. The van der Waals surface area contributed by atoms with Crippen molar-refractivity contribution in [2.45, 2.75) is 43.7 Å². The number of aliphatic hydroxyl groups is 1. The van der Waals surface area contributed by atoms with Crippen LogP contribution >= 0.6 is 0 Å². The topological polar surface area (TPSA) is 49.8 Å². The standard InChI is InChI=1S/C17H23NO3/c1-13-12-21-15(11-19)10-18(13)16(20)17(8-5-9-17)14-6-3-2-4-7-14/h2-4,6-7,13,15,19H,5,8-12H2,1H3. The molecule has 2 aliphatic rings. The van der Waals surface area contributed by atoms with E-state index in [2.05, 4.69) is 12.1 Å². The third-order valence-corrected chi connectivity index (χ3v) is 4.91. The van der Waals surface area contributed by atoms with Gasteiger partial charge in [0.1, 0.15) is 0 Å². The predicted octanol–water partition coefficient (Wildman–Crippen LogP) is 1.72. The number of rotatable bonds is 3. The number of aliphatic hydroxyl groups excluding tert-OH is 1. The summed E-state index contributed by atoms with van der Waals surface area (Å²) in [6.45, 7) is 2.98. The van der Waals surface area contributed by atoms with Crippen molar-refractivity contribution < 1.29 is 14.6 Å². The maximum Gasteiger partial charge on any atom is 0.233 e. The van der Waals surface area contributed by atoms with Gasteiger partial charge in [0.05, 0.1) is 30.8 Å². The molecule has 2 atom stereocenters. The zero-order valence-electron chi connectivity index (χ0n) is 12.5. The van der Waals surface area contributed by atoms with E-state index in [0.29, 0.717) is 13.2 Å². The smallest absolute Gasteiger partial charge is 0.233 e. The van der Waals surface area contributed by atoms with Crippen LogP contribution in [0.15, 0.2) is 30.3 Å². The van der Waals surface area contributed by atoms with Crippen LogP contribution in [0.25, 0.3) is 0 Å². The molecule has 1 aromatic carbocycles. The molecule has 0 aromatic heterocycles. The SMILES string of the molecule is CC1COC(CO)CN1C(=O)C1(c2ccccc2)CCC1. The molecular weight excluding hydrogens is 266 g/mol. The molecular formula is C17H23NO3. The van der Waals surface area contributed by atoms with Gasteiger partial charge in [0.2, 0.25) is 5.91 Å². The molecule has 0 spiro atoms.